The molecule has 0 unspecified atom stereocenters. The number of amidine groups is 1. The van der Waals surface area contributed by atoms with Crippen LogP contribution in [0.5, 0.6) is 5.75 Å². The van der Waals surface area contributed by atoms with Crippen molar-refractivity contribution in [3.05, 3.63) is 53.1 Å². The van der Waals surface area contributed by atoms with E-state index in [2.05, 4.69) is 21.0 Å². The van der Waals surface area contributed by atoms with E-state index in [0.29, 0.717) is 30.4 Å². The predicted octanol–water partition coefficient (Wildman–Crippen LogP) is 5.86. The number of benzene rings is 2. The van der Waals surface area contributed by atoms with Crippen LogP contribution in [0.4, 0.5) is 8.78 Å². The summed E-state index contributed by atoms with van der Waals surface area (Å²) in [6, 6.07) is 7.94. The second kappa shape index (κ2) is 10.9. The summed E-state index contributed by atoms with van der Waals surface area (Å²) in [5, 5.41) is 4.47. The number of ether oxygens (including phenoxy) is 2. The van der Waals surface area contributed by atoms with E-state index in [9.17, 15) is 13.6 Å². The summed E-state index contributed by atoms with van der Waals surface area (Å²) >= 11 is 0. The number of hydrogen-bond donors (Lipinski definition) is 0. The van der Waals surface area contributed by atoms with Gasteiger partial charge < -0.3 is 19.2 Å². The lowest BCUT2D eigenvalue weighted by molar-refractivity contribution is -0.156. The highest BCUT2D eigenvalue weighted by Gasteiger charge is 2.51. The van der Waals surface area contributed by atoms with E-state index in [1.807, 2.05) is 26.8 Å². The minimum Gasteiger partial charge on any atom is -0.493 e. The predicted molar refractivity (Wildman–Crippen MR) is 152 cm³/mol. The molecule has 1 aliphatic carbocycles. The molecule has 4 aliphatic rings. The first kappa shape index (κ1) is 27.9. The summed E-state index contributed by atoms with van der Waals surface area (Å²) in [6.07, 6.45) is 4.36. The van der Waals surface area contributed by atoms with E-state index < -0.39 is 17.0 Å². The molecule has 2 aromatic carbocycles. The van der Waals surface area contributed by atoms with Crippen molar-refractivity contribution in [1.82, 2.24) is 9.80 Å². The van der Waals surface area contributed by atoms with E-state index >= 15 is 0 Å². The summed E-state index contributed by atoms with van der Waals surface area (Å²) in [4.78, 5) is 23.0. The first-order valence-electron chi connectivity index (χ1n) is 14.9. The van der Waals surface area contributed by atoms with Crippen LogP contribution < -0.4 is 4.74 Å². The summed E-state index contributed by atoms with van der Waals surface area (Å²) < 4.78 is 39.9. The lowest BCUT2D eigenvalue weighted by Gasteiger charge is -2.46. The Balaban J connectivity index is 1.11. The van der Waals surface area contributed by atoms with Gasteiger partial charge in [-0.1, -0.05) is 11.2 Å². The number of rotatable bonds is 8. The zero-order chi connectivity index (χ0) is 28.8. The zero-order valence-electron chi connectivity index (χ0n) is 24.2. The Morgan fingerprint density at radius 3 is 2.51 bits per heavy atom. The molecule has 0 N–H and O–H groups in total. The third-order valence-electron chi connectivity index (χ3n) is 8.96. The molecule has 220 valence electrons. The van der Waals surface area contributed by atoms with E-state index in [1.165, 1.54) is 12.1 Å². The Morgan fingerprint density at radius 2 is 1.85 bits per heavy atom. The number of carbonyl (C=O) groups is 1. The minimum absolute atomic E-state index is 0.108. The van der Waals surface area contributed by atoms with E-state index in [0.717, 1.165) is 93.4 Å². The van der Waals surface area contributed by atoms with Crippen molar-refractivity contribution in [2.75, 3.05) is 39.4 Å². The highest BCUT2D eigenvalue weighted by molar-refractivity contribution is 5.85. The van der Waals surface area contributed by atoms with Gasteiger partial charge in [-0.2, -0.15) is 0 Å². The molecule has 9 heteroatoms. The number of halogens is 2. The zero-order valence-corrected chi connectivity index (χ0v) is 24.2. The van der Waals surface area contributed by atoms with Crippen molar-refractivity contribution in [2.45, 2.75) is 70.9 Å². The number of oxime groups is 1. The van der Waals surface area contributed by atoms with E-state index in [1.54, 1.807) is 0 Å². The standard InChI is InChI=1S/C32H39F2N3O4/c1-4-39-27-15-21(14-25(22-6-7-22)29(27)24-9-8-23(33)16-26(24)34)18-36-19-32(20-36)17-28(35-41-32)37-12-10-31(3,11-13-37)30(38)40-5-2/h8-9,14-16,22H,4-7,10-13,17-20H2,1-3H3. The van der Waals surface area contributed by atoms with Gasteiger partial charge in [0.15, 0.2) is 5.60 Å². The fourth-order valence-electron chi connectivity index (χ4n) is 6.50. The molecule has 2 saturated heterocycles. The van der Waals surface area contributed by atoms with Gasteiger partial charge in [0.25, 0.3) is 0 Å². The fourth-order valence-corrected chi connectivity index (χ4v) is 6.50. The Hall–Kier alpha value is -3.20. The van der Waals surface area contributed by atoms with Crippen LogP contribution in [0.1, 0.15) is 69.9 Å². The van der Waals surface area contributed by atoms with Crippen molar-refractivity contribution in [1.29, 1.82) is 0 Å². The second-order valence-corrected chi connectivity index (χ2v) is 12.3. The molecular formula is C32H39F2N3O4. The van der Waals surface area contributed by atoms with Crippen LogP contribution in [0.2, 0.25) is 0 Å². The van der Waals surface area contributed by atoms with Gasteiger partial charge in [-0.05, 0) is 81.7 Å². The first-order valence-corrected chi connectivity index (χ1v) is 14.9. The SMILES string of the molecule is CCOC(=O)C1(C)CCN(C2=NOC3(C2)CN(Cc2cc(OCC)c(-c4ccc(F)cc4F)c(C4CC4)c2)C3)CC1. The number of piperidine rings is 1. The molecule has 0 aromatic heterocycles. The summed E-state index contributed by atoms with van der Waals surface area (Å²) in [5.74, 6) is 0.714. The van der Waals surface area contributed by atoms with Gasteiger partial charge in [-0.25, -0.2) is 8.78 Å². The van der Waals surface area contributed by atoms with E-state index in [4.69, 9.17) is 14.3 Å². The van der Waals surface area contributed by atoms with Crippen LogP contribution in [0.25, 0.3) is 11.1 Å². The van der Waals surface area contributed by atoms with Crippen LogP contribution in [0.3, 0.4) is 0 Å². The molecule has 3 fully saturated rings. The molecule has 41 heavy (non-hydrogen) atoms. The van der Waals surface area contributed by atoms with Crippen LogP contribution in [-0.4, -0.2) is 66.6 Å². The minimum atomic E-state index is -0.586. The topological polar surface area (TPSA) is 63.6 Å². The first-order chi connectivity index (χ1) is 19.7. The van der Waals surface area contributed by atoms with E-state index in [-0.39, 0.29) is 11.6 Å². The molecule has 0 radical (unpaired) electrons. The number of likely N-dealkylation sites (tertiary alicyclic amines) is 2. The average Bonchev–Trinajstić information content (AvgIpc) is 3.68. The molecule has 3 heterocycles. The Kier molecular flexibility index (Phi) is 7.42. The van der Waals surface area contributed by atoms with Crippen molar-refractivity contribution < 1.29 is 27.9 Å². The van der Waals surface area contributed by atoms with Crippen LogP contribution >= 0.6 is 0 Å². The highest BCUT2D eigenvalue weighted by Crippen LogP contribution is 2.49. The quantitative estimate of drug-likeness (QED) is 0.373. The Bertz CT molecular complexity index is 1340. The maximum absolute atomic E-state index is 14.9. The van der Waals surface area contributed by atoms with Gasteiger partial charge in [0.1, 0.15) is 23.2 Å². The van der Waals surface area contributed by atoms with Crippen LogP contribution in [0.15, 0.2) is 35.5 Å². The molecule has 1 spiro atoms. The van der Waals surface area contributed by atoms with Crippen LogP contribution in [0, 0.1) is 17.0 Å². The molecule has 1 saturated carbocycles. The van der Waals surface area contributed by atoms with Crippen molar-refractivity contribution in [2.24, 2.45) is 10.6 Å². The normalized spacial score (nSPS) is 21.3. The van der Waals surface area contributed by atoms with Gasteiger partial charge in [0.05, 0.1) is 25.0 Å². The van der Waals surface area contributed by atoms with Crippen molar-refractivity contribution >= 4 is 11.8 Å². The number of nitrogens with zero attached hydrogens (tertiary/aromatic N) is 3. The molecule has 0 bridgehead atoms. The molecule has 3 aliphatic heterocycles. The molecule has 6 rings (SSSR count). The lowest BCUT2D eigenvalue weighted by Crippen LogP contribution is -2.61. The maximum atomic E-state index is 14.9. The smallest absolute Gasteiger partial charge is 0.311 e. The maximum Gasteiger partial charge on any atom is 0.311 e. The molecular weight excluding hydrogens is 528 g/mol. The van der Waals surface area contributed by atoms with Gasteiger partial charge in [-0.3, -0.25) is 9.69 Å². The van der Waals surface area contributed by atoms with Gasteiger partial charge >= 0.3 is 5.97 Å². The molecule has 0 amide bonds. The highest BCUT2D eigenvalue weighted by atomic mass is 19.1. The van der Waals surface area contributed by atoms with Gasteiger partial charge in [-0.15, -0.1) is 0 Å². The third-order valence-corrected chi connectivity index (χ3v) is 8.96. The third kappa shape index (κ3) is 5.53. The summed E-state index contributed by atoms with van der Waals surface area (Å²) in [6.45, 7) is 10.4. The largest absolute Gasteiger partial charge is 0.493 e. The summed E-state index contributed by atoms with van der Waals surface area (Å²) in [7, 11) is 0. The summed E-state index contributed by atoms with van der Waals surface area (Å²) in [5.41, 5.74) is 2.58. The molecule has 0 atom stereocenters. The van der Waals surface area contributed by atoms with Gasteiger partial charge in [0.2, 0.25) is 0 Å². The molecule has 2 aromatic rings. The van der Waals surface area contributed by atoms with Crippen molar-refractivity contribution in [3.63, 3.8) is 0 Å². The number of esters is 1. The van der Waals surface area contributed by atoms with Crippen molar-refractivity contribution in [3.8, 4) is 16.9 Å². The molecule has 7 nitrogen and oxygen atoms in total. The van der Waals surface area contributed by atoms with Crippen LogP contribution in [-0.2, 0) is 20.9 Å². The fraction of sp³-hybridized carbons (Fsp3) is 0.562. The number of hydrogen-bond acceptors (Lipinski definition) is 7. The average molecular weight is 568 g/mol. The number of carbonyl (C=O) groups excluding carboxylic acids is 1. The second-order valence-electron chi connectivity index (χ2n) is 12.3. The lowest BCUT2D eigenvalue weighted by atomic mass is 9.80. The Morgan fingerprint density at radius 1 is 1.10 bits per heavy atom. The monoisotopic (exact) mass is 567 g/mol. The van der Waals surface area contributed by atoms with Gasteiger partial charge in [0, 0.05) is 49.9 Å². The Labute approximate surface area is 240 Å².